The fourth-order valence-corrected chi connectivity index (χ4v) is 3.22. The number of hydrogen-bond donors (Lipinski definition) is 0. The van der Waals surface area contributed by atoms with Crippen LogP contribution in [0, 0.1) is 20.8 Å². The molecule has 0 spiro atoms. The number of imide groups is 1. The Balaban J connectivity index is 1.80. The van der Waals surface area contributed by atoms with Crippen molar-refractivity contribution in [3.63, 3.8) is 0 Å². The first kappa shape index (κ1) is 19.5. The number of benzene rings is 2. The third-order valence-electron chi connectivity index (χ3n) is 5.08. The largest absolute Gasteiger partial charge is 0.451 e. The summed E-state index contributed by atoms with van der Waals surface area (Å²) in [6, 6.07) is 7.91. The summed E-state index contributed by atoms with van der Waals surface area (Å²) < 4.78 is 5.33. The number of ether oxygens (including phenoxy) is 1. The molecule has 0 bridgehead atoms. The Bertz CT molecular complexity index is 1040. The Morgan fingerprint density at radius 1 is 0.893 bits per heavy atom. The highest BCUT2D eigenvalue weighted by Gasteiger charge is 2.33. The maximum Gasteiger partial charge on any atom is 0.338 e. The van der Waals surface area contributed by atoms with E-state index in [0.717, 1.165) is 21.6 Å². The van der Waals surface area contributed by atoms with Gasteiger partial charge in [-0.2, -0.15) is 0 Å². The first-order chi connectivity index (χ1) is 13.1. The molecule has 3 rings (SSSR count). The smallest absolute Gasteiger partial charge is 0.338 e. The van der Waals surface area contributed by atoms with Gasteiger partial charge in [-0.05, 0) is 68.7 Å². The van der Waals surface area contributed by atoms with Gasteiger partial charge in [0, 0.05) is 12.6 Å². The molecule has 0 aliphatic carbocycles. The van der Waals surface area contributed by atoms with Gasteiger partial charge in [-0.25, -0.2) is 4.79 Å². The van der Waals surface area contributed by atoms with E-state index < -0.39 is 23.9 Å². The second kappa shape index (κ2) is 7.03. The fraction of sp³-hybridized carbons (Fsp3) is 0.273. The summed E-state index contributed by atoms with van der Waals surface area (Å²) in [5, 5.41) is 0. The highest BCUT2D eigenvalue weighted by molar-refractivity contribution is 6.21. The van der Waals surface area contributed by atoms with E-state index in [4.69, 9.17) is 4.74 Å². The van der Waals surface area contributed by atoms with Crippen LogP contribution in [0.25, 0.3) is 0 Å². The van der Waals surface area contributed by atoms with Crippen LogP contribution in [0.5, 0.6) is 0 Å². The van der Waals surface area contributed by atoms with Gasteiger partial charge in [-0.15, -0.1) is 0 Å². The van der Waals surface area contributed by atoms with Crippen LogP contribution in [0.4, 0.5) is 0 Å². The predicted octanol–water partition coefficient (Wildman–Crippen LogP) is 3.27. The Kier molecular flexibility index (Phi) is 4.89. The van der Waals surface area contributed by atoms with Gasteiger partial charge in [-0.1, -0.05) is 6.07 Å². The van der Waals surface area contributed by atoms with E-state index in [2.05, 4.69) is 0 Å². The van der Waals surface area contributed by atoms with Crippen molar-refractivity contribution < 1.29 is 23.9 Å². The first-order valence-corrected chi connectivity index (χ1v) is 8.91. The Labute approximate surface area is 163 Å². The molecule has 1 aliphatic heterocycles. The lowest BCUT2D eigenvalue weighted by Gasteiger charge is -2.15. The van der Waals surface area contributed by atoms with Gasteiger partial charge in [-0.3, -0.25) is 19.3 Å². The standard InChI is InChI=1S/C22H21NO5/c1-11-8-13(3)17(9-12(11)2)19(24)14(4)28-22(27)15-6-7-16-18(10-15)21(26)23(5)20(16)25/h6-10,14H,1-5H3. The number of aryl methyl sites for hydroxylation is 3. The van der Waals surface area contributed by atoms with E-state index in [1.54, 1.807) is 6.07 Å². The molecule has 1 heterocycles. The third kappa shape index (κ3) is 3.22. The number of nitrogens with zero attached hydrogens (tertiary/aromatic N) is 1. The minimum Gasteiger partial charge on any atom is -0.451 e. The number of rotatable bonds is 4. The minimum absolute atomic E-state index is 0.117. The van der Waals surface area contributed by atoms with Crippen molar-refractivity contribution in [2.24, 2.45) is 0 Å². The summed E-state index contributed by atoms with van der Waals surface area (Å²) in [7, 11) is 1.38. The fourth-order valence-electron chi connectivity index (χ4n) is 3.22. The summed E-state index contributed by atoms with van der Waals surface area (Å²) in [5.41, 5.74) is 3.93. The predicted molar refractivity (Wildman–Crippen MR) is 103 cm³/mol. The summed E-state index contributed by atoms with van der Waals surface area (Å²) in [6.07, 6.45) is -0.985. The molecule has 0 saturated carbocycles. The number of hydrogen-bond acceptors (Lipinski definition) is 5. The Morgan fingerprint density at radius 2 is 1.50 bits per heavy atom. The molecule has 1 aliphatic rings. The van der Waals surface area contributed by atoms with Gasteiger partial charge in [0.2, 0.25) is 5.78 Å². The molecular formula is C22H21NO5. The lowest BCUT2D eigenvalue weighted by Crippen LogP contribution is -2.25. The van der Waals surface area contributed by atoms with Crippen molar-refractivity contribution in [1.29, 1.82) is 0 Å². The van der Waals surface area contributed by atoms with Gasteiger partial charge < -0.3 is 4.74 Å². The molecule has 6 nitrogen and oxygen atoms in total. The summed E-state index contributed by atoms with van der Waals surface area (Å²) in [4.78, 5) is 50.2. The van der Waals surface area contributed by atoms with Crippen LogP contribution in [0.2, 0.25) is 0 Å². The molecule has 0 radical (unpaired) electrons. The summed E-state index contributed by atoms with van der Waals surface area (Å²) >= 11 is 0. The second-order valence-corrected chi connectivity index (χ2v) is 7.09. The van der Waals surface area contributed by atoms with Crippen molar-refractivity contribution in [1.82, 2.24) is 4.90 Å². The van der Waals surface area contributed by atoms with E-state index in [0.29, 0.717) is 5.56 Å². The highest BCUT2D eigenvalue weighted by Crippen LogP contribution is 2.24. The number of carbonyl (C=O) groups is 4. The van der Waals surface area contributed by atoms with Crippen LogP contribution in [-0.2, 0) is 4.74 Å². The number of Topliss-reactive ketones (excluding diaryl/α,β-unsaturated/α-hetero) is 1. The molecule has 144 valence electrons. The van der Waals surface area contributed by atoms with Crippen LogP contribution in [0.15, 0.2) is 30.3 Å². The first-order valence-electron chi connectivity index (χ1n) is 8.91. The molecule has 0 N–H and O–H groups in total. The van der Waals surface area contributed by atoms with Crippen LogP contribution in [0.3, 0.4) is 0 Å². The number of fused-ring (bicyclic) bond motifs is 1. The summed E-state index contributed by atoms with van der Waals surface area (Å²) in [6.45, 7) is 7.25. The van der Waals surface area contributed by atoms with Crippen molar-refractivity contribution in [3.05, 3.63) is 69.3 Å². The highest BCUT2D eigenvalue weighted by atomic mass is 16.5. The Morgan fingerprint density at radius 3 is 2.18 bits per heavy atom. The van der Waals surface area contributed by atoms with Crippen molar-refractivity contribution >= 4 is 23.6 Å². The quantitative estimate of drug-likeness (QED) is 0.463. The molecule has 1 unspecified atom stereocenters. The van der Waals surface area contributed by atoms with Gasteiger partial charge in [0.05, 0.1) is 16.7 Å². The van der Waals surface area contributed by atoms with Crippen molar-refractivity contribution in [2.45, 2.75) is 33.8 Å². The summed E-state index contributed by atoms with van der Waals surface area (Å²) in [5.74, 6) is -1.89. The molecule has 2 amide bonds. The Hall–Kier alpha value is -3.28. The van der Waals surface area contributed by atoms with Crippen LogP contribution in [-0.4, -0.2) is 41.6 Å². The topological polar surface area (TPSA) is 80.8 Å². The number of carbonyl (C=O) groups excluding carboxylic acids is 4. The van der Waals surface area contributed by atoms with Crippen LogP contribution in [0.1, 0.15) is 65.0 Å². The zero-order valence-electron chi connectivity index (χ0n) is 16.5. The van der Waals surface area contributed by atoms with E-state index in [1.165, 1.54) is 32.2 Å². The van der Waals surface area contributed by atoms with E-state index in [1.807, 2.05) is 26.8 Å². The molecule has 2 aromatic rings. The molecule has 6 heteroatoms. The average molecular weight is 379 g/mol. The number of ketones is 1. The van der Waals surface area contributed by atoms with Gasteiger partial charge >= 0.3 is 5.97 Å². The van der Waals surface area contributed by atoms with Gasteiger partial charge in [0.25, 0.3) is 11.8 Å². The average Bonchev–Trinajstić information content (AvgIpc) is 2.88. The minimum atomic E-state index is -0.985. The zero-order valence-corrected chi connectivity index (χ0v) is 16.5. The molecule has 0 fully saturated rings. The maximum atomic E-state index is 12.7. The lowest BCUT2D eigenvalue weighted by molar-refractivity contribution is 0.0318. The van der Waals surface area contributed by atoms with Crippen LogP contribution >= 0.6 is 0 Å². The normalized spacial score (nSPS) is 14.1. The molecule has 1 atom stereocenters. The lowest BCUT2D eigenvalue weighted by atomic mass is 9.96. The number of amides is 2. The second-order valence-electron chi connectivity index (χ2n) is 7.09. The molecule has 0 saturated heterocycles. The third-order valence-corrected chi connectivity index (χ3v) is 5.08. The molecule has 0 aromatic heterocycles. The molecule has 2 aromatic carbocycles. The van der Waals surface area contributed by atoms with Crippen molar-refractivity contribution in [3.8, 4) is 0 Å². The maximum absolute atomic E-state index is 12.7. The van der Waals surface area contributed by atoms with Crippen molar-refractivity contribution in [2.75, 3.05) is 7.05 Å². The van der Waals surface area contributed by atoms with E-state index in [9.17, 15) is 19.2 Å². The monoisotopic (exact) mass is 379 g/mol. The number of esters is 1. The molecule has 28 heavy (non-hydrogen) atoms. The molecular weight excluding hydrogens is 358 g/mol. The van der Waals surface area contributed by atoms with Crippen LogP contribution < -0.4 is 0 Å². The van der Waals surface area contributed by atoms with Gasteiger partial charge in [0.1, 0.15) is 0 Å². The van der Waals surface area contributed by atoms with E-state index >= 15 is 0 Å². The van der Waals surface area contributed by atoms with E-state index in [-0.39, 0.29) is 22.5 Å². The SMILES string of the molecule is Cc1cc(C)c(C(=O)C(C)OC(=O)c2ccc3c(c2)C(=O)N(C)C3=O)cc1C. The van der Waals surface area contributed by atoms with Gasteiger partial charge in [0.15, 0.2) is 6.10 Å². The zero-order chi connectivity index (χ0) is 20.7.